The highest BCUT2D eigenvalue weighted by Crippen LogP contribution is 2.66. The fourth-order valence-electron chi connectivity index (χ4n) is 13.9. The third-order valence-electron chi connectivity index (χ3n) is 16.6. The van der Waals surface area contributed by atoms with Crippen molar-refractivity contribution in [3.05, 3.63) is 86.5 Å². The lowest BCUT2D eigenvalue weighted by Crippen LogP contribution is -3.00. The van der Waals surface area contributed by atoms with Gasteiger partial charge >= 0.3 is 0 Å². The first-order valence-corrected chi connectivity index (χ1v) is 30.2. The van der Waals surface area contributed by atoms with Crippen LogP contribution in [-0.4, -0.2) is 28.5 Å². The van der Waals surface area contributed by atoms with E-state index in [1.165, 1.54) is 77.5 Å². The fourth-order valence-corrected chi connectivity index (χ4v) is 33.7. The summed E-state index contributed by atoms with van der Waals surface area (Å²) in [5, 5.41) is 4.86. The average molecular weight is 862 g/mol. The van der Waals surface area contributed by atoms with Crippen molar-refractivity contribution < 1.29 is 8.85 Å². The van der Waals surface area contributed by atoms with Gasteiger partial charge in [0.15, 0.2) is 0 Å². The molecule has 1 heterocycles. The second kappa shape index (κ2) is 17.1. The Morgan fingerprint density at radius 1 is 0.426 bits per heavy atom. The van der Waals surface area contributed by atoms with Crippen molar-refractivity contribution in [3.8, 4) is 0 Å². The summed E-state index contributed by atoms with van der Waals surface area (Å²) in [7, 11) is -4.37. The molecule has 0 N–H and O–H groups in total. The Bertz CT molecular complexity index is 1880. The summed E-state index contributed by atoms with van der Waals surface area (Å²) in [6.07, 6.45) is 8.28. The average Bonchev–Trinajstić information content (AvgIpc) is 3.16. The highest BCUT2D eigenvalue weighted by atomic mass is 29.3. The Labute approximate surface area is 377 Å². The zero-order valence-electron chi connectivity index (χ0n) is 42.5. The highest BCUT2D eigenvalue weighted by Gasteiger charge is 2.82. The monoisotopic (exact) mass is 861 g/mol. The molecule has 2 atom stereocenters. The molecule has 4 aliphatic carbocycles. The minimum Gasteiger partial charge on any atom is -0.412 e. The van der Waals surface area contributed by atoms with Gasteiger partial charge in [0.05, 0.1) is 5.73 Å². The molecule has 1 saturated heterocycles. The van der Waals surface area contributed by atoms with Crippen LogP contribution in [0.25, 0.3) is 0 Å². The van der Waals surface area contributed by atoms with Crippen LogP contribution in [0.5, 0.6) is 0 Å². The van der Waals surface area contributed by atoms with Crippen molar-refractivity contribution in [2.75, 3.05) is 7.11 Å². The van der Waals surface area contributed by atoms with Crippen LogP contribution in [0.2, 0.25) is 0 Å². The second-order valence-corrected chi connectivity index (χ2v) is 33.9. The van der Waals surface area contributed by atoms with E-state index in [2.05, 4.69) is 168 Å². The van der Waals surface area contributed by atoms with Crippen molar-refractivity contribution in [2.45, 2.75) is 222 Å². The summed E-state index contributed by atoms with van der Waals surface area (Å²) < 4.78 is 17.2. The molecule has 8 rings (SSSR count). The molecule has 5 fully saturated rings. The van der Waals surface area contributed by atoms with Crippen molar-refractivity contribution in [1.29, 1.82) is 0 Å². The van der Waals surface area contributed by atoms with Crippen LogP contribution in [0.4, 0.5) is 0 Å². The van der Waals surface area contributed by atoms with Gasteiger partial charge in [0.25, 0.3) is 15.7 Å². The molecule has 0 spiro atoms. The zero-order chi connectivity index (χ0) is 44.8. The third kappa shape index (κ3) is 7.48. The Hall–Kier alpha value is -1.99. The van der Waals surface area contributed by atoms with Gasteiger partial charge in [0.2, 0.25) is 0 Å². The van der Waals surface area contributed by atoms with Gasteiger partial charge in [-0.1, -0.05) is 161 Å². The summed E-state index contributed by atoms with van der Waals surface area (Å²) in [4.78, 5) is 0. The molecule has 4 saturated carbocycles. The van der Waals surface area contributed by atoms with Crippen LogP contribution >= 0.6 is 0 Å². The Morgan fingerprint density at radius 2 is 0.689 bits per heavy atom. The van der Waals surface area contributed by atoms with Crippen LogP contribution in [0.3, 0.4) is 0 Å². The summed E-state index contributed by atoms with van der Waals surface area (Å²) in [5.74, 6) is 5.95. The van der Waals surface area contributed by atoms with Gasteiger partial charge in [0.1, 0.15) is 0 Å². The lowest BCUT2D eigenvalue weighted by atomic mass is 9.50. The molecule has 5 aliphatic rings. The third-order valence-corrected chi connectivity index (χ3v) is 31.6. The highest BCUT2D eigenvalue weighted by molar-refractivity contribution is 7.55. The van der Waals surface area contributed by atoms with Crippen LogP contribution in [0, 0.1) is 23.2 Å². The van der Waals surface area contributed by atoms with Gasteiger partial charge in [0, 0.05) is 7.11 Å². The normalized spacial score (nSPS) is 27.1. The molecule has 4 heteroatoms. The largest absolute Gasteiger partial charge is 0.412 e. The standard InChI is InChI=1S/C57H88O2Si2/c1-32(2)44-23-47(35(7)8)53(48(24-44)36(9)10)60(54-49(37(11)12)25-45(33(3)4)26-50(54)38(13)14)59-56(57-29-41-20-42(30-57)22-43(21-41)31-57)61(60,58-19)55-51(39(15)16)27-46(34(5)6)28-52(55)40(17)18/h23-28,32-43,56H,20-22,29-31H2,1-19H3/t41?,42?,43?,56-,57?,61+/m1/s1. The lowest BCUT2D eigenvalue weighted by Gasteiger charge is -2.71. The van der Waals surface area contributed by atoms with Crippen LogP contribution < -0.4 is 15.6 Å². The lowest BCUT2D eigenvalue weighted by molar-refractivity contribution is -0.101. The van der Waals surface area contributed by atoms with Crippen molar-refractivity contribution >= 4 is 31.2 Å². The van der Waals surface area contributed by atoms with E-state index in [0.717, 1.165) is 17.8 Å². The van der Waals surface area contributed by atoms with Gasteiger partial charge in [-0.15, -0.1) is 0 Å². The van der Waals surface area contributed by atoms with Gasteiger partial charge in [-0.3, -0.25) is 0 Å². The molecule has 0 unspecified atom stereocenters. The molecule has 3 aromatic rings. The summed E-state index contributed by atoms with van der Waals surface area (Å²) in [6, 6.07) is 16.0. The quantitative estimate of drug-likeness (QED) is 0.150. The van der Waals surface area contributed by atoms with E-state index >= 15 is 0 Å². The fraction of sp³-hybridized carbons (Fsp3) is 0.684. The molecule has 1 aliphatic heterocycles. The van der Waals surface area contributed by atoms with E-state index in [4.69, 9.17) is 8.85 Å². The Morgan fingerprint density at radius 3 is 0.918 bits per heavy atom. The predicted octanol–water partition coefficient (Wildman–Crippen LogP) is 14.6. The maximum atomic E-state index is 8.93. The smallest absolute Gasteiger partial charge is 0.281 e. The number of hydrogen-bond acceptors (Lipinski definition) is 2. The summed E-state index contributed by atoms with van der Waals surface area (Å²) >= 11 is 0. The number of rotatable bonds is 14. The van der Waals surface area contributed by atoms with E-state index in [1.54, 1.807) is 26.7 Å². The zero-order valence-corrected chi connectivity index (χ0v) is 44.5. The molecular weight excluding hydrogens is 773 g/mol. The number of hydrogen-bond donors (Lipinski definition) is 0. The van der Waals surface area contributed by atoms with Gasteiger partial charge in [-0.05, 0) is 181 Å². The topological polar surface area (TPSA) is 18.5 Å². The summed E-state index contributed by atoms with van der Waals surface area (Å²) in [5.41, 5.74) is 14.0. The van der Waals surface area contributed by atoms with E-state index in [-0.39, 0.29) is 11.1 Å². The molecule has 336 valence electrons. The molecule has 3 aromatic carbocycles. The van der Waals surface area contributed by atoms with E-state index < -0.39 is 15.7 Å². The molecule has 0 radical (unpaired) electrons. The van der Waals surface area contributed by atoms with Crippen LogP contribution in [-0.2, 0) is 8.85 Å². The molecule has 2 nitrogen and oxygen atoms in total. The van der Waals surface area contributed by atoms with Crippen molar-refractivity contribution in [3.63, 3.8) is 0 Å². The van der Waals surface area contributed by atoms with Gasteiger partial charge in [-0.2, -0.15) is 0 Å². The molecule has 0 aromatic heterocycles. The molecular formula is C57H88O2Si2. The van der Waals surface area contributed by atoms with E-state index in [9.17, 15) is 0 Å². The van der Waals surface area contributed by atoms with E-state index in [0.29, 0.717) is 53.3 Å². The van der Waals surface area contributed by atoms with Crippen molar-refractivity contribution in [1.82, 2.24) is 0 Å². The Kier molecular flexibility index (Phi) is 13.2. The van der Waals surface area contributed by atoms with Crippen LogP contribution in [0.1, 0.15) is 266 Å². The summed E-state index contributed by atoms with van der Waals surface area (Å²) in [6.45, 7) is 44.1. The van der Waals surface area contributed by atoms with Gasteiger partial charge < -0.3 is 8.85 Å². The molecule has 61 heavy (non-hydrogen) atoms. The molecule has 0 amide bonds. The van der Waals surface area contributed by atoms with Gasteiger partial charge in [-0.25, -0.2) is 0 Å². The van der Waals surface area contributed by atoms with E-state index in [1.807, 2.05) is 0 Å². The number of benzene rings is 3. The SMILES string of the molecule is CO[Si@]1(c2c(C(C)C)cc(C(C)C)cc2C(C)C)[C@H](C23CC4CC(CC(C4)C2)C3)O[Si]1(c1c(C(C)C)cc(C(C)C)cc1C(C)C)c1c(C(C)C)cc(C(C)C)cc1C(C)C. The first-order valence-electron chi connectivity index (χ1n) is 25.3. The van der Waals surface area contributed by atoms with Crippen LogP contribution in [0.15, 0.2) is 36.4 Å². The maximum Gasteiger partial charge on any atom is 0.281 e. The Balaban J connectivity index is 1.79. The first-order chi connectivity index (χ1) is 28.5. The minimum atomic E-state index is -3.36. The minimum absolute atomic E-state index is 0.125. The first kappa shape index (κ1) is 47.0. The molecule has 4 bridgehead atoms. The maximum absolute atomic E-state index is 8.93. The second-order valence-electron chi connectivity index (χ2n) is 24.0. The van der Waals surface area contributed by atoms with Crippen molar-refractivity contribution in [2.24, 2.45) is 23.2 Å². The predicted molar refractivity (Wildman–Crippen MR) is 269 cm³/mol.